The first-order valence-electron chi connectivity index (χ1n) is 3.77. The molecule has 0 fully saturated rings. The van der Waals surface area contributed by atoms with Gasteiger partial charge in [-0.3, -0.25) is 0 Å². The lowest BCUT2D eigenvalue weighted by Crippen LogP contribution is -2.03. The number of rotatable bonds is 2. The lowest BCUT2D eigenvalue weighted by Gasteiger charge is -2.04. The van der Waals surface area contributed by atoms with Gasteiger partial charge in [0.25, 0.3) is 0 Å². The van der Waals surface area contributed by atoms with Gasteiger partial charge in [-0.15, -0.1) is 12.6 Å². The molecule has 1 aromatic carbocycles. The van der Waals surface area contributed by atoms with Gasteiger partial charge in [0.2, 0.25) is 0 Å². The number of carbonyl (C=O) groups is 1. The third-order valence-electron chi connectivity index (χ3n) is 1.49. The average molecular weight is 194 g/mol. The smallest absolute Gasteiger partial charge is 0.335 e. The van der Waals surface area contributed by atoms with E-state index in [-0.39, 0.29) is 0 Å². The van der Waals surface area contributed by atoms with Crippen LogP contribution >= 0.6 is 12.6 Å². The first kappa shape index (κ1) is 9.86. The van der Waals surface area contributed by atoms with E-state index in [0.717, 1.165) is 11.6 Å². The van der Waals surface area contributed by atoms with Gasteiger partial charge < -0.3 is 4.74 Å². The molecule has 0 saturated carbocycles. The van der Waals surface area contributed by atoms with E-state index in [1.54, 1.807) is 12.1 Å². The van der Waals surface area contributed by atoms with Gasteiger partial charge in [0.1, 0.15) is 5.75 Å². The summed E-state index contributed by atoms with van der Waals surface area (Å²) in [7, 11) is 0. The molecule has 0 unspecified atom stereocenters. The van der Waals surface area contributed by atoms with Crippen molar-refractivity contribution in [3.63, 3.8) is 0 Å². The molecule has 0 aliphatic carbocycles. The Morgan fingerprint density at radius 1 is 1.62 bits per heavy atom. The summed E-state index contributed by atoms with van der Waals surface area (Å²) in [5, 5.41) is 0. The van der Waals surface area contributed by atoms with E-state index in [9.17, 15) is 4.79 Å². The highest BCUT2D eigenvalue weighted by Crippen LogP contribution is 2.23. The number of thiol groups is 1. The third kappa shape index (κ3) is 2.63. The monoisotopic (exact) mass is 194 g/mol. The van der Waals surface area contributed by atoms with Crippen LogP contribution in [0, 0.1) is 6.92 Å². The minimum absolute atomic E-state index is 0.466. The SMILES string of the molecule is C=CC(=O)Oc1cc(C)ccc1S. The summed E-state index contributed by atoms with van der Waals surface area (Å²) >= 11 is 4.15. The Kier molecular flexibility index (Phi) is 3.14. The maximum atomic E-state index is 10.9. The van der Waals surface area contributed by atoms with Crippen molar-refractivity contribution in [1.29, 1.82) is 0 Å². The number of hydrogen-bond acceptors (Lipinski definition) is 3. The molecule has 0 heterocycles. The minimum atomic E-state index is -0.471. The normalized spacial score (nSPS) is 9.38. The highest BCUT2D eigenvalue weighted by molar-refractivity contribution is 7.80. The molecular formula is C10H10O2S. The van der Waals surface area contributed by atoms with Crippen LogP contribution in [0.4, 0.5) is 0 Å². The zero-order valence-corrected chi connectivity index (χ0v) is 8.17. The molecule has 13 heavy (non-hydrogen) atoms. The number of esters is 1. The molecule has 0 aliphatic heterocycles. The number of aryl methyl sites for hydroxylation is 1. The summed E-state index contributed by atoms with van der Waals surface area (Å²) in [6, 6.07) is 5.43. The molecule has 2 nitrogen and oxygen atoms in total. The van der Waals surface area contributed by atoms with Crippen molar-refractivity contribution in [1.82, 2.24) is 0 Å². The standard InChI is InChI=1S/C10H10O2S/c1-3-10(11)12-8-6-7(2)4-5-9(8)13/h3-6,13H,1H2,2H3. The first-order valence-corrected chi connectivity index (χ1v) is 4.22. The van der Waals surface area contributed by atoms with E-state index in [1.807, 2.05) is 13.0 Å². The van der Waals surface area contributed by atoms with Gasteiger partial charge in [0.05, 0.1) is 0 Å². The molecule has 0 atom stereocenters. The predicted octanol–water partition coefficient (Wildman–Crippen LogP) is 2.38. The van der Waals surface area contributed by atoms with Crippen LogP contribution in [0.5, 0.6) is 5.75 Å². The second-order valence-electron chi connectivity index (χ2n) is 2.60. The van der Waals surface area contributed by atoms with Crippen LogP contribution < -0.4 is 4.74 Å². The number of carbonyl (C=O) groups excluding carboxylic acids is 1. The number of ether oxygens (including phenoxy) is 1. The quantitative estimate of drug-likeness (QED) is 0.338. The van der Waals surface area contributed by atoms with Crippen molar-refractivity contribution in [2.45, 2.75) is 11.8 Å². The molecule has 1 aromatic rings. The fraction of sp³-hybridized carbons (Fsp3) is 0.100. The largest absolute Gasteiger partial charge is 0.422 e. The maximum absolute atomic E-state index is 10.9. The lowest BCUT2D eigenvalue weighted by atomic mass is 10.2. The third-order valence-corrected chi connectivity index (χ3v) is 1.86. The molecule has 68 valence electrons. The van der Waals surface area contributed by atoms with Crippen molar-refractivity contribution in [3.8, 4) is 5.75 Å². The summed E-state index contributed by atoms with van der Waals surface area (Å²) < 4.78 is 4.94. The second-order valence-corrected chi connectivity index (χ2v) is 3.08. The summed E-state index contributed by atoms with van der Waals surface area (Å²) in [5.41, 5.74) is 1.02. The first-order chi connectivity index (χ1) is 6.13. The van der Waals surface area contributed by atoms with Gasteiger partial charge >= 0.3 is 5.97 Å². The number of benzene rings is 1. The van der Waals surface area contributed by atoms with E-state index < -0.39 is 5.97 Å². The Hall–Kier alpha value is -1.22. The zero-order chi connectivity index (χ0) is 9.84. The van der Waals surface area contributed by atoms with Gasteiger partial charge in [-0.1, -0.05) is 12.6 Å². The zero-order valence-electron chi connectivity index (χ0n) is 7.28. The van der Waals surface area contributed by atoms with Crippen molar-refractivity contribution in [3.05, 3.63) is 36.4 Å². The highest BCUT2D eigenvalue weighted by atomic mass is 32.1. The minimum Gasteiger partial charge on any atom is -0.422 e. The van der Waals surface area contributed by atoms with Gasteiger partial charge in [0.15, 0.2) is 0 Å². The summed E-state index contributed by atoms with van der Waals surface area (Å²) in [6.45, 7) is 5.22. The number of hydrogen-bond donors (Lipinski definition) is 1. The molecule has 1 rings (SSSR count). The van der Waals surface area contributed by atoms with Gasteiger partial charge in [-0.05, 0) is 24.6 Å². The molecule has 0 N–H and O–H groups in total. The van der Waals surface area contributed by atoms with E-state index in [4.69, 9.17) is 4.74 Å². The predicted molar refractivity (Wildman–Crippen MR) is 54.3 cm³/mol. The van der Waals surface area contributed by atoms with Crippen molar-refractivity contribution < 1.29 is 9.53 Å². The molecule has 0 amide bonds. The fourth-order valence-corrected chi connectivity index (χ4v) is 1.04. The molecule has 3 heteroatoms. The van der Waals surface area contributed by atoms with Gasteiger partial charge in [-0.2, -0.15) is 0 Å². The molecule has 0 aliphatic rings. The van der Waals surface area contributed by atoms with Crippen LogP contribution in [-0.2, 0) is 4.79 Å². The summed E-state index contributed by atoms with van der Waals surface area (Å²) in [5.74, 6) is -0.00543. The highest BCUT2D eigenvalue weighted by Gasteiger charge is 2.03. The second kappa shape index (κ2) is 4.14. The van der Waals surface area contributed by atoms with E-state index in [2.05, 4.69) is 19.2 Å². The molecule has 0 bridgehead atoms. The molecule has 0 saturated heterocycles. The Balaban J connectivity index is 2.93. The topological polar surface area (TPSA) is 26.3 Å². The average Bonchev–Trinajstić information content (AvgIpc) is 2.11. The molecule has 0 aromatic heterocycles. The Labute approximate surface area is 82.6 Å². The van der Waals surface area contributed by atoms with Crippen LogP contribution in [-0.4, -0.2) is 5.97 Å². The lowest BCUT2D eigenvalue weighted by molar-refractivity contribution is -0.129. The van der Waals surface area contributed by atoms with Crippen LogP contribution in [0.3, 0.4) is 0 Å². The maximum Gasteiger partial charge on any atom is 0.335 e. The summed E-state index contributed by atoms with van der Waals surface area (Å²) in [4.78, 5) is 11.5. The fourth-order valence-electron chi connectivity index (χ4n) is 0.853. The molecule has 0 spiro atoms. The Bertz CT molecular complexity index is 345. The van der Waals surface area contributed by atoms with E-state index >= 15 is 0 Å². The van der Waals surface area contributed by atoms with Crippen LogP contribution in [0.1, 0.15) is 5.56 Å². The Morgan fingerprint density at radius 2 is 2.31 bits per heavy atom. The van der Waals surface area contributed by atoms with Crippen LogP contribution in [0.2, 0.25) is 0 Å². The van der Waals surface area contributed by atoms with Crippen molar-refractivity contribution >= 4 is 18.6 Å². The van der Waals surface area contributed by atoms with Crippen molar-refractivity contribution in [2.75, 3.05) is 0 Å². The van der Waals surface area contributed by atoms with E-state index in [1.165, 1.54) is 0 Å². The van der Waals surface area contributed by atoms with Gasteiger partial charge in [0, 0.05) is 11.0 Å². The van der Waals surface area contributed by atoms with Gasteiger partial charge in [-0.25, -0.2) is 4.79 Å². The molecule has 0 radical (unpaired) electrons. The van der Waals surface area contributed by atoms with Crippen LogP contribution in [0.25, 0.3) is 0 Å². The molecular weight excluding hydrogens is 184 g/mol. The van der Waals surface area contributed by atoms with Crippen molar-refractivity contribution in [2.24, 2.45) is 0 Å². The Morgan fingerprint density at radius 3 is 2.92 bits per heavy atom. The summed E-state index contributed by atoms with van der Waals surface area (Å²) in [6.07, 6.45) is 1.12. The van der Waals surface area contributed by atoms with E-state index in [0.29, 0.717) is 10.6 Å². The van der Waals surface area contributed by atoms with Crippen LogP contribution in [0.15, 0.2) is 35.7 Å².